The van der Waals surface area contributed by atoms with E-state index in [1.165, 1.54) is 12.0 Å². The minimum atomic E-state index is -0.154. The zero-order valence-corrected chi connectivity index (χ0v) is 24.0. The highest BCUT2D eigenvalue weighted by molar-refractivity contribution is 5.80. The van der Waals surface area contributed by atoms with Gasteiger partial charge in [-0.3, -0.25) is 0 Å². The minimum Gasteiger partial charge on any atom is -0.459 e. The molecule has 1 fully saturated rings. The lowest BCUT2D eigenvalue weighted by atomic mass is 9.75. The van der Waals surface area contributed by atoms with E-state index in [1.54, 1.807) is 0 Å². The maximum Gasteiger partial charge on any atom is 0.348 e. The van der Waals surface area contributed by atoms with Gasteiger partial charge in [0.15, 0.2) is 17.6 Å². The number of esters is 1. The summed E-state index contributed by atoms with van der Waals surface area (Å²) in [5.74, 6) is 2.37. The summed E-state index contributed by atoms with van der Waals surface area (Å²) in [5, 5.41) is 0. The van der Waals surface area contributed by atoms with E-state index in [9.17, 15) is 4.79 Å². The molecule has 1 saturated carbocycles. The largest absolute Gasteiger partial charge is 0.459 e. The molecule has 1 unspecified atom stereocenters. The number of para-hydroxylation sites is 2. The number of hydrogen-bond donors (Lipinski definition) is 0. The van der Waals surface area contributed by atoms with E-state index < -0.39 is 0 Å². The number of carbonyl (C=O) groups is 1. The van der Waals surface area contributed by atoms with Crippen molar-refractivity contribution in [1.82, 2.24) is 4.57 Å². The molecule has 5 rings (SSSR count). The Morgan fingerprint density at radius 1 is 0.974 bits per heavy atom. The van der Waals surface area contributed by atoms with E-state index in [-0.39, 0.29) is 18.6 Å². The molecular formula is C34H42N3O2+. The van der Waals surface area contributed by atoms with E-state index in [0.717, 1.165) is 41.0 Å². The number of hydrogen-bond acceptors (Lipinski definition) is 3. The lowest BCUT2D eigenvalue weighted by Crippen LogP contribution is -2.38. The van der Waals surface area contributed by atoms with E-state index in [4.69, 9.17) is 4.74 Å². The second-order valence-electron chi connectivity index (χ2n) is 11.8. The van der Waals surface area contributed by atoms with Gasteiger partial charge >= 0.3 is 5.97 Å². The van der Waals surface area contributed by atoms with Crippen molar-refractivity contribution in [1.29, 1.82) is 0 Å². The van der Waals surface area contributed by atoms with Crippen molar-refractivity contribution in [3.05, 3.63) is 84.4 Å². The van der Waals surface area contributed by atoms with E-state index in [2.05, 4.69) is 102 Å². The van der Waals surface area contributed by atoms with Gasteiger partial charge in [-0.05, 0) is 72.6 Å². The third-order valence-corrected chi connectivity index (χ3v) is 8.33. The molecule has 0 saturated heterocycles. The van der Waals surface area contributed by atoms with Gasteiger partial charge in [-0.1, -0.05) is 69.7 Å². The van der Waals surface area contributed by atoms with Crippen LogP contribution in [0.2, 0.25) is 0 Å². The standard InChI is InChI=1S/C34H42N3O2/c1-24(2)29-20-15-25(3)21-32(29)39-33(38)23-37-31-14-10-9-13-30(31)36(22-26-11-7-6-8-12-26)34(37)27-16-18-28(19-17-27)35(4)5/h6-14,16-19,24-25,29,32H,15,20-23H2,1-5H3/q+1/t25-,29+,32?/m1/s1. The maximum atomic E-state index is 13.6. The first kappa shape index (κ1) is 27.0. The van der Waals surface area contributed by atoms with Gasteiger partial charge in [-0.15, -0.1) is 0 Å². The fraction of sp³-hybridized carbons (Fsp3) is 0.412. The first-order valence-corrected chi connectivity index (χ1v) is 14.3. The van der Waals surface area contributed by atoms with E-state index in [0.29, 0.717) is 24.3 Å². The Morgan fingerprint density at radius 2 is 1.67 bits per heavy atom. The molecule has 5 nitrogen and oxygen atoms in total. The first-order chi connectivity index (χ1) is 18.8. The molecule has 3 aromatic carbocycles. The number of rotatable bonds is 8. The second kappa shape index (κ2) is 11.6. The Morgan fingerprint density at radius 3 is 2.36 bits per heavy atom. The average molecular weight is 525 g/mol. The van der Waals surface area contributed by atoms with Crippen LogP contribution in [0.1, 0.15) is 45.6 Å². The number of nitrogens with zero attached hydrogens (tertiary/aromatic N) is 3. The van der Waals surface area contributed by atoms with Gasteiger partial charge in [-0.2, -0.15) is 0 Å². The molecule has 5 heteroatoms. The highest BCUT2D eigenvalue weighted by Crippen LogP contribution is 2.35. The smallest absolute Gasteiger partial charge is 0.348 e. The molecule has 1 aliphatic carbocycles. The summed E-state index contributed by atoms with van der Waals surface area (Å²) in [5.41, 5.74) is 5.57. The lowest BCUT2D eigenvalue weighted by molar-refractivity contribution is -0.651. The van der Waals surface area contributed by atoms with Crippen LogP contribution in [-0.2, 0) is 22.6 Å². The molecule has 4 aromatic rings. The van der Waals surface area contributed by atoms with Gasteiger partial charge in [-0.25, -0.2) is 13.9 Å². The number of fused-ring (bicyclic) bond motifs is 1. The van der Waals surface area contributed by atoms with Gasteiger partial charge in [0, 0.05) is 19.8 Å². The number of ether oxygens (including phenoxy) is 1. The van der Waals surface area contributed by atoms with Crippen LogP contribution in [0.15, 0.2) is 78.9 Å². The lowest BCUT2D eigenvalue weighted by Gasteiger charge is -2.36. The van der Waals surface area contributed by atoms with Crippen molar-refractivity contribution in [2.75, 3.05) is 19.0 Å². The van der Waals surface area contributed by atoms with Gasteiger partial charge < -0.3 is 9.64 Å². The van der Waals surface area contributed by atoms with Crippen molar-refractivity contribution < 1.29 is 14.1 Å². The molecule has 3 atom stereocenters. The zero-order chi connectivity index (χ0) is 27.5. The maximum absolute atomic E-state index is 13.6. The number of aromatic nitrogens is 2. The highest BCUT2D eigenvalue weighted by atomic mass is 16.5. The average Bonchev–Trinajstić information content (AvgIpc) is 3.21. The molecule has 0 spiro atoms. The van der Waals surface area contributed by atoms with Gasteiger partial charge in [0.2, 0.25) is 0 Å². The monoisotopic (exact) mass is 524 g/mol. The summed E-state index contributed by atoms with van der Waals surface area (Å²) in [6, 6.07) is 27.5. The fourth-order valence-corrected chi connectivity index (χ4v) is 6.19. The molecule has 0 N–H and O–H groups in total. The number of benzene rings is 3. The van der Waals surface area contributed by atoms with Crippen LogP contribution in [0.3, 0.4) is 0 Å². The second-order valence-corrected chi connectivity index (χ2v) is 11.8. The van der Waals surface area contributed by atoms with Gasteiger partial charge in [0.05, 0.1) is 5.56 Å². The molecule has 0 amide bonds. The Labute approximate surface area is 233 Å². The fourth-order valence-electron chi connectivity index (χ4n) is 6.19. The molecule has 0 radical (unpaired) electrons. The molecule has 204 valence electrons. The van der Waals surface area contributed by atoms with Crippen LogP contribution in [-0.4, -0.2) is 30.7 Å². The van der Waals surface area contributed by atoms with Crippen molar-refractivity contribution in [3.8, 4) is 11.4 Å². The normalized spacial score (nSPS) is 19.4. The molecule has 1 aromatic heterocycles. The van der Waals surface area contributed by atoms with Crippen molar-refractivity contribution >= 4 is 22.7 Å². The predicted octanol–water partition coefficient (Wildman–Crippen LogP) is 6.71. The van der Waals surface area contributed by atoms with Crippen LogP contribution in [0.5, 0.6) is 0 Å². The predicted molar refractivity (Wildman–Crippen MR) is 159 cm³/mol. The SMILES string of the molecule is CC(C)[C@@H]1CC[C@@H](C)CC1OC(=O)Cn1c(-c2ccc(N(C)C)cc2)[n+](Cc2ccccc2)c2ccccc21. The Hall–Kier alpha value is -3.60. The molecule has 1 aliphatic rings. The quantitative estimate of drug-likeness (QED) is 0.190. The highest BCUT2D eigenvalue weighted by Gasteiger charge is 2.35. The Bertz CT molecular complexity index is 1410. The van der Waals surface area contributed by atoms with Crippen molar-refractivity contribution in [2.24, 2.45) is 17.8 Å². The Balaban J connectivity index is 1.57. The molecule has 1 heterocycles. The molecular weight excluding hydrogens is 482 g/mol. The summed E-state index contributed by atoms with van der Waals surface area (Å²) in [7, 11) is 4.10. The molecule has 39 heavy (non-hydrogen) atoms. The van der Waals surface area contributed by atoms with Crippen LogP contribution in [0.4, 0.5) is 5.69 Å². The van der Waals surface area contributed by atoms with Crippen molar-refractivity contribution in [2.45, 2.75) is 59.2 Å². The van der Waals surface area contributed by atoms with Crippen LogP contribution in [0, 0.1) is 17.8 Å². The number of carbonyl (C=O) groups excluding carboxylic acids is 1. The van der Waals surface area contributed by atoms with Crippen molar-refractivity contribution in [3.63, 3.8) is 0 Å². The molecule has 0 aliphatic heterocycles. The number of imidazole rings is 1. The van der Waals surface area contributed by atoms with Gasteiger partial charge in [0.25, 0.3) is 5.82 Å². The minimum absolute atomic E-state index is 0.0117. The van der Waals surface area contributed by atoms with Gasteiger partial charge in [0.1, 0.15) is 12.6 Å². The zero-order valence-electron chi connectivity index (χ0n) is 24.0. The Kier molecular flexibility index (Phi) is 8.06. The summed E-state index contributed by atoms with van der Waals surface area (Å²) in [6.07, 6.45) is 3.28. The number of anilines is 1. The van der Waals surface area contributed by atoms with E-state index in [1.807, 2.05) is 26.2 Å². The third-order valence-electron chi connectivity index (χ3n) is 8.33. The van der Waals surface area contributed by atoms with Crippen LogP contribution < -0.4 is 9.47 Å². The first-order valence-electron chi connectivity index (χ1n) is 14.3. The summed E-state index contributed by atoms with van der Waals surface area (Å²) in [4.78, 5) is 15.7. The van der Waals surface area contributed by atoms with E-state index >= 15 is 0 Å². The van der Waals surface area contributed by atoms with Crippen LogP contribution in [0.25, 0.3) is 22.4 Å². The summed E-state index contributed by atoms with van der Waals surface area (Å²) >= 11 is 0. The summed E-state index contributed by atoms with van der Waals surface area (Å²) < 4.78 is 10.8. The third kappa shape index (κ3) is 5.88. The summed E-state index contributed by atoms with van der Waals surface area (Å²) in [6.45, 7) is 7.68. The topological polar surface area (TPSA) is 38.4 Å². The molecule has 0 bridgehead atoms. The van der Waals surface area contributed by atoms with Crippen LogP contribution >= 0.6 is 0 Å².